The van der Waals surface area contributed by atoms with Crippen molar-refractivity contribution < 1.29 is 22.4 Å². The van der Waals surface area contributed by atoms with E-state index in [0.29, 0.717) is 5.69 Å². The molecule has 0 atom stereocenters. The van der Waals surface area contributed by atoms with Crippen LogP contribution in [0.3, 0.4) is 0 Å². The normalized spacial score (nSPS) is 11.7. The Morgan fingerprint density at radius 1 is 1.00 bits per heavy atom. The molecule has 0 N–H and O–H groups in total. The van der Waals surface area contributed by atoms with Gasteiger partial charge in [-0.25, -0.2) is 13.9 Å². The van der Waals surface area contributed by atoms with Gasteiger partial charge in [0.2, 0.25) is 0 Å². The summed E-state index contributed by atoms with van der Waals surface area (Å²) in [6, 6.07) is 11.5. The summed E-state index contributed by atoms with van der Waals surface area (Å²) in [7, 11) is 0. The molecule has 0 aliphatic heterocycles. The molecule has 0 saturated heterocycles. The van der Waals surface area contributed by atoms with Gasteiger partial charge in [-0.3, -0.25) is 4.79 Å². The summed E-state index contributed by atoms with van der Waals surface area (Å²) in [5.41, 5.74) is 0.243. The summed E-state index contributed by atoms with van der Waals surface area (Å²) in [5, 5.41) is 4.11. The van der Waals surface area contributed by atoms with Crippen LogP contribution in [0.25, 0.3) is 16.9 Å². The van der Waals surface area contributed by atoms with Crippen molar-refractivity contribution in [3.63, 3.8) is 0 Å². The van der Waals surface area contributed by atoms with E-state index in [1.54, 1.807) is 0 Å². The molecular formula is C20H11F4N3O. The molecule has 0 unspecified atom stereocenters. The number of rotatable bonds is 3. The van der Waals surface area contributed by atoms with Crippen molar-refractivity contribution in [1.29, 1.82) is 0 Å². The Morgan fingerprint density at radius 2 is 1.79 bits per heavy atom. The minimum absolute atomic E-state index is 0.124. The topological polar surface area (TPSA) is 47.3 Å². The highest BCUT2D eigenvalue weighted by atomic mass is 19.4. The number of hydrogen-bond donors (Lipinski definition) is 0. The van der Waals surface area contributed by atoms with Gasteiger partial charge in [-0.1, -0.05) is 24.3 Å². The van der Waals surface area contributed by atoms with Crippen LogP contribution in [0.4, 0.5) is 17.6 Å². The van der Waals surface area contributed by atoms with Crippen LogP contribution in [0.5, 0.6) is 0 Å². The van der Waals surface area contributed by atoms with Crippen molar-refractivity contribution in [2.45, 2.75) is 6.18 Å². The van der Waals surface area contributed by atoms with Gasteiger partial charge in [-0.2, -0.15) is 18.3 Å². The average molecular weight is 385 g/mol. The maximum absolute atomic E-state index is 13.4. The van der Waals surface area contributed by atoms with Gasteiger partial charge in [0.25, 0.3) is 0 Å². The van der Waals surface area contributed by atoms with Crippen molar-refractivity contribution in [1.82, 2.24) is 14.6 Å². The van der Waals surface area contributed by atoms with Crippen LogP contribution < -0.4 is 0 Å². The van der Waals surface area contributed by atoms with E-state index in [2.05, 4.69) is 10.1 Å². The van der Waals surface area contributed by atoms with Crippen LogP contribution in [0.1, 0.15) is 21.5 Å². The number of benzene rings is 2. The lowest BCUT2D eigenvalue weighted by Crippen LogP contribution is -2.05. The number of nitrogens with zero attached hydrogens (tertiary/aromatic N) is 3. The summed E-state index contributed by atoms with van der Waals surface area (Å²) >= 11 is 0. The first kappa shape index (κ1) is 17.8. The van der Waals surface area contributed by atoms with Crippen LogP contribution in [0.2, 0.25) is 0 Å². The minimum Gasteiger partial charge on any atom is -0.288 e. The Bertz CT molecular complexity index is 1200. The number of halogens is 4. The lowest BCUT2D eigenvalue weighted by Gasteiger charge is -2.10. The summed E-state index contributed by atoms with van der Waals surface area (Å²) < 4.78 is 53.8. The fourth-order valence-electron chi connectivity index (χ4n) is 2.91. The van der Waals surface area contributed by atoms with Crippen LogP contribution >= 0.6 is 0 Å². The molecule has 0 spiro atoms. The van der Waals surface area contributed by atoms with Crippen molar-refractivity contribution in [2.75, 3.05) is 0 Å². The van der Waals surface area contributed by atoms with Crippen molar-refractivity contribution in [2.24, 2.45) is 0 Å². The molecule has 0 aliphatic rings. The third-order valence-corrected chi connectivity index (χ3v) is 4.22. The van der Waals surface area contributed by atoms with Gasteiger partial charge in [0.05, 0.1) is 23.0 Å². The van der Waals surface area contributed by atoms with Crippen molar-refractivity contribution in [3.05, 3.63) is 89.5 Å². The summed E-state index contributed by atoms with van der Waals surface area (Å²) in [6.45, 7) is 0. The fourth-order valence-corrected chi connectivity index (χ4v) is 2.91. The quantitative estimate of drug-likeness (QED) is 0.377. The molecule has 0 saturated carbocycles. The van der Waals surface area contributed by atoms with Crippen LogP contribution in [0, 0.1) is 5.82 Å². The molecule has 4 nitrogen and oxygen atoms in total. The van der Waals surface area contributed by atoms with E-state index >= 15 is 0 Å². The smallest absolute Gasteiger partial charge is 0.288 e. The standard InChI is InChI=1S/C20H11F4N3O/c21-15-6-2-4-13(10-15)18(28)16-11-26-27-17(7-8-25-19(16)27)12-3-1-5-14(9-12)20(22,23)24/h1-11H. The third-order valence-electron chi connectivity index (χ3n) is 4.22. The van der Waals surface area contributed by atoms with Crippen molar-refractivity contribution in [3.8, 4) is 11.3 Å². The Labute approximate surface area is 156 Å². The first-order valence-corrected chi connectivity index (χ1v) is 8.15. The highest BCUT2D eigenvalue weighted by molar-refractivity contribution is 6.12. The van der Waals surface area contributed by atoms with E-state index in [9.17, 15) is 22.4 Å². The molecule has 4 aromatic rings. The summed E-state index contributed by atoms with van der Waals surface area (Å²) in [5.74, 6) is -1.04. The Morgan fingerprint density at radius 3 is 2.54 bits per heavy atom. The van der Waals surface area contributed by atoms with E-state index in [1.807, 2.05) is 0 Å². The lowest BCUT2D eigenvalue weighted by atomic mass is 10.1. The predicted molar refractivity (Wildman–Crippen MR) is 93.3 cm³/mol. The first-order valence-electron chi connectivity index (χ1n) is 8.15. The summed E-state index contributed by atoms with van der Waals surface area (Å²) in [6.07, 6.45) is -1.83. The maximum atomic E-state index is 13.4. The second-order valence-corrected chi connectivity index (χ2v) is 6.04. The zero-order valence-electron chi connectivity index (χ0n) is 14.1. The molecule has 2 aromatic heterocycles. The Balaban J connectivity index is 1.83. The number of carbonyl (C=O) groups is 1. The predicted octanol–water partition coefficient (Wildman–Crippen LogP) is 4.79. The number of hydrogen-bond acceptors (Lipinski definition) is 3. The average Bonchev–Trinajstić information content (AvgIpc) is 3.11. The number of carbonyl (C=O) groups excluding carboxylic acids is 1. The van der Waals surface area contributed by atoms with E-state index in [-0.39, 0.29) is 22.3 Å². The third kappa shape index (κ3) is 3.13. The molecule has 0 radical (unpaired) electrons. The molecule has 0 fully saturated rings. The molecule has 140 valence electrons. The SMILES string of the molecule is O=C(c1cccc(F)c1)c1cnn2c(-c3cccc(C(F)(F)F)c3)ccnc12. The van der Waals surface area contributed by atoms with Gasteiger partial charge in [0.15, 0.2) is 11.4 Å². The van der Waals surface area contributed by atoms with Gasteiger partial charge in [-0.15, -0.1) is 0 Å². The highest BCUT2D eigenvalue weighted by Crippen LogP contribution is 2.32. The molecule has 0 aliphatic carbocycles. The molecule has 28 heavy (non-hydrogen) atoms. The van der Waals surface area contributed by atoms with Gasteiger partial charge in [0, 0.05) is 17.3 Å². The molecule has 8 heteroatoms. The zero-order chi connectivity index (χ0) is 19.9. The lowest BCUT2D eigenvalue weighted by molar-refractivity contribution is -0.137. The molecule has 0 amide bonds. The first-order chi connectivity index (χ1) is 13.3. The van der Waals surface area contributed by atoms with E-state index in [0.717, 1.165) is 18.2 Å². The fraction of sp³-hybridized carbons (Fsp3) is 0.0500. The number of fused-ring (bicyclic) bond motifs is 1. The van der Waals surface area contributed by atoms with Crippen LogP contribution in [-0.4, -0.2) is 20.4 Å². The number of alkyl halides is 3. The number of aromatic nitrogens is 3. The van der Waals surface area contributed by atoms with Crippen molar-refractivity contribution >= 4 is 11.4 Å². The Kier molecular flexibility index (Phi) is 4.18. The number of ketones is 1. The minimum atomic E-state index is -4.48. The molecule has 2 heterocycles. The zero-order valence-corrected chi connectivity index (χ0v) is 14.1. The van der Waals surface area contributed by atoms with Gasteiger partial charge >= 0.3 is 6.18 Å². The van der Waals surface area contributed by atoms with Gasteiger partial charge in [0.1, 0.15) is 5.82 Å². The second kappa shape index (κ2) is 6.56. The van der Waals surface area contributed by atoms with E-state index < -0.39 is 23.3 Å². The maximum Gasteiger partial charge on any atom is 0.416 e. The molecule has 0 bridgehead atoms. The molecular weight excluding hydrogens is 374 g/mol. The van der Waals surface area contributed by atoms with E-state index in [4.69, 9.17) is 0 Å². The molecule has 2 aromatic carbocycles. The van der Waals surface area contributed by atoms with Crippen LogP contribution in [0.15, 0.2) is 67.0 Å². The van der Waals surface area contributed by atoms with Gasteiger partial charge < -0.3 is 0 Å². The monoisotopic (exact) mass is 385 g/mol. The second-order valence-electron chi connectivity index (χ2n) is 6.04. The largest absolute Gasteiger partial charge is 0.416 e. The van der Waals surface area contributed by atoms with Gasteiger partial charge in [-0.05, 0) is 30.3 Å². The highest BCUT2D eigenvalue weighted by Gasteiger charge is 2.30. The summed E-state index contributed by atoms with van der Waals surface area (Å²) in [4.78, 5) is 16.8. The van der Waals surface area contributed by atoms with Crippen LogP contribution in [-0.2, 0) is 6.18 Å². The molecule has 4 rings (SSSR count). The van der Waals surface area contributed by atoms with E-state index in [1.165, 1.54) is 53.3 Å². The Hall–Kier alpha value is -3.55.